The molecule has 2 aromatic carbocycles. The van der Waals surface area contributed by atoms with E-state index in [1.165, 1.54) is 0 Å². The number of hydrogen-bond acceptors (Lipinski definition) is 2. The Morgan fingerprint density at radius 2 is 1.30 bits per heavy atom. The van der Waals surface area contributed by atoms with Crippen molar-refractivity contribution < 1.29 is 4.42 Å². The Labute approximate surface area is 153 Å². The number of benzene rings is 2. The van der Waals surface area contributed by atoms with Crippen LogP contribution in [0.3, 0.4) is 0 Å². The van der Waals surface area contributed by atoms with Gasteiger partial charge < -0.3 is 9.73 Å². The summed E-state index contributed by atoms with van der Waals surface area (Å²) in [6.45, 7) is 0.505. The van der Waals surface area contributed by atoms with E-state index in [9.17, 15) is 0 Å². The van der Waals surface area contributed by atoms with Crippen molar-refractivity contribution in [1.29, 1.82) is 0 Å². The molecular formula is C17H11Cl4NO. The summed E-state index contributed by atoms with van der Waals surface area (Å²) < 4.78 is 5.82. The van der Waals surface area contributed by atoms with Gasteiger partial charge in [0.05, 0.1) is 6.54 Å². The fourth-order valence-corrected chi connectivity index (χ4v) is 3.22. The monoisotopic (exact) mass is 385 g/mol. The minimum Gasteiger partial charge on any atom is -0.459 e. The predicted molar refractivity (Wildman–Crippen MR) is 98.0 cm³/mol. The molecule has 0 bridgehead atoms. The molecule has 0 saturated carbocycles. The molecule has 0 saturated heterocycles. The fraction of sp³-hybridized carbons (Fsp3) is 0.0588. The second kappa shape index (κ2) is 7.06. The largest absolute Gasteiger partial charge is 0.459 e. The molecule has 3 aromatic rings. The van der Waals surface area contributed by atoms with Crippen LogP contribution in [-0.4, -0.2) is 0 Å². The summed E-state index contributed by atoms with van der Waals surface area (Å²) >= 11 is 24.0. The molecule has 0 aliphatic rings. The highest BCUT2D eigenvalue weighted by Crippen LogP contribution is 2.29. The average Bonchev–Trinajstić information content (AvgIpc) is 2.92. The van der Waals surface area contributed by atoms with Crippen molar-refractivity contribution in [3.63, 3.8) is 0 Å². The molecule has 0 aliphatic carbocycles. The van der Waals surface area contributed by atoms with E-state index in [0.29, 0.717) is 32.4 Å². The van der Waals surface area contributed by atoms with Crippen molar-refractivity contribution in [1.82, 2.24) is 0 Å². The second-order valence-corrected chi connectivity index (χ2v) is 6.68. The van der Waals surface area contributed by atoms with Crippen LogP contribution in [-0.2, 0) is 6.54 Å². The molecular weight excluding hydrogens is 376 g/mol. The van der Waals surface area contributed by atoms with Gasteiger partial charge in [-0.3, -0.25) is 0 Å². The van der Waals surface area contributed by atoms with E-state index in [2.05, 4.69) is 5.32 Å². The standard InChI is InChI=1S/C17H11Cl4NO/c18-11-3-10(4-12(19)5-11)17-2-1-16(23-17)9-22-15-7-13(20)6-14(21)8-15/h1-8,22H,9H2. The molecule has 1 N–H and O–H groups in total. The molecule has 118 valence electrons. The number of rotatable bonds is 4. The molecule has 0 atom stereocenters. The van der Waals surface area contributed by atoms with E-state index in [4.69, 9.17) is 50.8 Å². The Morgan fingerprint density at radius 1 is 0.739 bits per heavy atom. The zero-order valence-corrected chi connectivity index (χ0v) is 14.8. The lowest BCUT2D eigenvalue weighted by molar-refractivity contribution is 0.531. The van der Waals surface area contributed by atoms with E-state index < -0.39 is 0 Å². The average molecular weight is 387 g/mol. The van der Waals surface area contributed by atoms with Crippen molar-refractivity contribution in [2.45, 2.75) is 6.54 Å². The minimum atomic E-state index is 0.505. The molecule has 3 rings (SSSR count). The first-order valence-electron chi connectivity index (χ1n) is 6.75. The number of hydrogen-bond donors (Lipinski definition) is 1. The highest BCUT2D eigenvalue weighted by atomic mass is 35.5. The van der Waals surface area contributed by atoms with Gasteiger partial charge in [0.2, 0.25) is 0 Å². The summed E-state index contributed by atoms with van der Waals surface area (Å²) in [6.07, 6.45) is 0. The normalized spacial score (nSPS) is 10.8. The first-order valence-corrected chi connectivity index (χ1v) is 8.26. The lowest BCUT2D eigenvalue weighted by Crippen LogP contribution is -1.97. The quantitative estimate of drug-likeness (QED) is 0.513. The zero-order valence-electron chi connectivity index (χ0n) is 11.7. The summed E-state index contributed by atoms with van der Waals surface area (Å²) in [5.74, 6) is 1.47. The number of halogens is 4. The van der Waals surface area contributed by atoms with E-state index >= 15 is 0 Å². The summed E-state index contributed by atoms with van der Waals surface area (Å²) in [5.41, 5.74) is 1.66. The van der Waals surface area contributed by atoms with Crippen LogP contribution >= 0.6 is 46.4 Å². The Hall–Kier alpha value is -1.32. The lowest BCUT2D eigenvalue weighted by Gasteiger charge is -2.06. The first kappa shape index (κ1) is 16.5. The molecule has 0 fully saturated rings. The highest BCUT2D eigenvalue weighted by molar-refractivity contribution is 6.35. The van der Waals surface area contributed by atoms with Crippen molar-refractivity contribution in [3.05, 3.63) is 74.4 Å². The topological polar surface area (TPSA) is 25.2 Å². The zero-order chi connectivity index (χ0) is 16.4. The lowest BCUT2D eigenvalue weighted by atomic mass is 10.2. The van der Waals surface area contributed by atoms with Gasteiger partial charge in [0.25, 0.3) is 0 Å². The third kappa shape index (κ3) is 4.36. The number of anilines is 1. The van der Waals surface area contributed by atoms with Gasteiger partial charge in [-0.25, -0.2) is 0 Å². The first-order chi connectivity index (χ1) is 11.0. The van der Waals surface area contributed by atoms with Gasteiger partial charge in [0, 0.05) is 31.3 Å². The molecule has 0 unspecified atom stereocenters. The molecule has 0 aliphatic heterocycles. The predicted octanol–water partition coefficient (Wildman–Crippen LogP) is 7.17. The summed E-state index contributed by atoms with van der Waals surface area (Å²) in [5, 5.41) is 5.50. The molecule has 0 spiro atoms. The van der Waals surface area contributed by atoms with Gasteiger partial charge in [-0.2, -0.15) is 0 Å². The Balaban J connectivity index is 1.74. The summed E-state index contributed by atoms with van der Waals surface area (Å²) in [6, 6.07) is 14.3. The van der Waals surface area contributed by atoms with Crippen molar-refractivity contribution in [2.24, 2.45) is 0 Å². The van der Waals surface area contributed by atoms with Gasteiger partial charge in [-0.05, 0) is 48.5 Å². The van der Waals surface area contributed by atoms with Gasteiger partial charge in [-0.15, -0.1) is 0 Å². The third-order valence-electron chi connectivity index (χ3n) is 3.14. The van der Waals surface area contributed by atoms with Crippen molar-refractivity contribution >= 4 is 52.1 Å². The SMILES string of the molecule is Clc1cc(Cl)cc(NCc2ccc(-c3cc(Cl)cc(Cl)c3)o2)c1. The molecule has 23 heavy (non-hydrogen) atoms. The maximum Gasteiger partial charge on any atom is 0.134 e. The van der Waals surface area contributed by atoms with Crippen molar-refractivity contribution in [2.75, 3.05) is 5.32 Å². The van der Waals surface area contributed by atoms with Crippen LogP contribution in [0.15, 0.2) is 52.9 Å². The van der Waals surface area contributed by atoms with E-state index in [0.717, 1.165) is 17.0 Å². The smallest absolute Gasteiger partial charge is 0.134 e. The Morgan fingerprint density at radius 3 is 1.91 bits per heavy atom. The minimum absolute atomic E-state index is 0.505. The van der Waals surface area contributed by atoms with Gasteiger partial charge >= 0.3 is 0 Å². The van der Waals surface area contributed by atoms with Crippen LogP contribution in [0.2, 0.25) is 20.1 Å². The Kier molecular flexibility index (Phi) is 5.08. The van der Waals surface area contributed by atoms with E-state index in [1.807, 2.05) is 12.1 Å². The van der Waals surface area contributed by atoms with Crippen LogP contribution in [0, 0.1) is 0 Å². The van der Waals surface area contributed by atoms with E-state index in [-0.39, 0.29) is 0 Å². The molecule has 2 nitrogen and oxygen atoms in total. The van der Waals surface area contributed by atoms with Gasteiger partial charge in [-0.1, -0.05) is 46.4 Å². The maximum absolute atomic E-state index is 6.01. The molecule has 6 heteroatoms. The van der Waals surface area contributed by atoms with Crippen LogP contribution in [0.25, 0.3) is 11.3 Å². The Bertz CT molecular complexity index is 804. The second-order valence-electron chi connectivity index (χ2n) is 4.94. The third-order valence-corrected chi connectivity index (χ3v) is 4.01. The highest BCUT2D eigenvalue weighted by Gasteiger charge is 2.07. The van der Waals surface area contributed by atoms with Gasteiger partial charge in [0.15, 0.2) is 0 Å². The molecule has 0 amide bonds. The van der Waals surface area contributed by atoms with E-state index in [1.54, 1.807) is 36.4 Å². The number of nitrogens with one attached hydrogen (secondary N) is 1. The van der Waals surface area contributed by atoms with Crippen molar-refractivity contribution in [3.8, 4) is 11.3 Å². The molecule has 1 aromatic heterocycles. The number of furan rings is 1. The van der Waals surface area contributed by atoms with Crippen LogP contribution < -0.4 is 5.32 Å². The van der Waals surface area contributed by atoms with Gasteiger partial charge in [0.1, 0.15) is 11.5 Å². The maximum atomic E-state index is 6.01. The summed E-state index contributed by atoms with van der Waals surface area (Å²) in [7, 11) is 0. The molecule has 0 radical (unpaired) electrons. The molecule has 1 heterocycles. The van der Waals surface area contributed by atoms with Crippen LogP contribution in [0.4, 0.5) is 5.69 Å². The van der Waals surface area contributed by atoms with Crippen LogP contribution in [0.1, 0.15) is 5.76 Å². The summed E-state index contributed by atoms with van der Waals surface area (Å²) in [4.78, 5) is 0. The fourth-order valence-electron chi connectivity index (χ4n) is 2.17. The van der Waals surface area contributed by atoms with Crippen LogP contribution in [0.5, 0.6) is 0 Å².